The van der Waals surface area contributed by atoms with Gasteiger partial charge in [-0.05, 0) is 5.92 Å². The standard InChI is InChI=1S/C8H13N3O2S/c1-5(2)3-6-10-8(14-11-6)9-4-7(12)13/h5H,3-4H2,1-2H3,(H,12,13)(H,9,10,11). The molecule has 2 N–H and O–H groups in total. The van der Waals surface area contributed by atoms with Crippen LogP contribution in [0.3, 0.4) is 0 Å². The summed E-state index contributed by atoms with van der Waals surface area (Å²) in [4.78, 5) is 14.4. The summed E-state index contributed by atoms with van der Waals surface area (Å²) in [6.07, 6.45) is 0.825. The molecule has 0 spiro atoms. The first-order chi connectivity index (χ1) is 6.58. The average molecular weight is 215 g/mol. The molecule has 0 saturated carbocycles. The molecule has 0 aliphatic heterocycles. The first-order valence-electron chi connectivity index (χ1n) is 4.36. The third kappa shape index (κ3) is 3.69. The first-order valence-corrected chi connectivity index (χ1v) is 5.13. The highest BCUT2D eigenvalue weighted by Gasteiger charge is 2.06. The third-order valence-electron chi connectivity index (χ3n) is 1.45. The number of carbonyl (C=O) groups is 1. The van der Waals surface area contributed by atoms with Crippen LogP contribution in [0, 0.1) is 5.92 Å². The van der Waals surface area contributed by atoms with Crippen molar-refractivity contribution >= 4 is 22.6 Å². The molecule has 0 saturated heterocycles. The number of rotatable bonds is 5. The summed E-state index contributed by atoms with van der Waals surface area (Å²) in [6, 6.07) is 0. The van der Waals surface area contributed by atoms with Crippen LogP contribution in [0.15, 0.2) is 0 Å². The monoisotopic (exact) mass is 215 g/mol. The minimum absolute atomic E-state index is 0.115. The maximum atomic E-state index is 10.3. The number of hydrogen-bond donors (Lipinski definition) is 2. The molecule has 6 heteroatoms. The number of aromatic nitrogens is 2. The predicted molar refractivity (Wildman–Crippen MR) is 54.6 cm³/mol. The average Bonchev–Trinajstić information content (AvgIpc) is 2.47. The topological polar surface area (TPSA) is 75.1 Å². The Bertz CT molecular complexity index is 311. The fourth-order valence-corrected chi connectivity index (χ4v) is 1.52. The summed E-state index contributed by atoms with van der Waals surface area (Å²) in [5.41, 5.74) is 0. The second-order valence-electron chi connectivity index (χ2n) is 3.36. The van der Waals surface area contributed by atoms with E-state index >= 15 is 0 Å². The van der Waals surface area contributed by atoms with Crippen molar-refractivity contribution in [1.82, 2.24) is 9.36 Å². The zero-order chi connectivity index (χ0) is 10.6. The van der Waals surface area contributed by atoms with Gasteiger partial charge in [-0.25, -0.2) is 4.98 Å². The van der Waals surface area contributed by atoms with E-state index in [0.29, 0.717) is 11.0 Å². The number of aliphatic carboxylic acids is 1. The van der Waals surface area contributed by atoms with Gasteiger partial charge >= 0.3 is 5.97 Å². The minimum Gasteiger partial charge on any atom is -0.480 e. The summed E-state index contributed by atoms with van der Waals surface area (Å²) in [5.74, 6) is 0.389. The van der Waals surface area contributed by atoms with Crippen molar-refractivity contribution in [3.63, 3.8) is 0 Å². The lowest BCUT2D eigenvalue weighted by Crippen LogP contribution is -2.12. The van der Waals surface area contributed by atoms with E-state index in [1.807, 2.05) is 0 Å². The zero-order valence-electron chi connectivity index (χ0n) is 8.15. The molecule has 0 aromatic carbocycles. The van der Waals surface area contributed by atoms with Crippen LogP contribution >= 0.6 is 11.5 Å². The second-order valence-corrected chi connectivity index (χ2v) is 4.11. The van der Waals surface area contributed by atoms with Gasteiger partial charge in [-0.1, -0.05) is 13.8 Å². The molecule has 0 aliphatic rings. The van der Waals surface area contributed by atoms with Crippen molar-refractivity contribution in [3.05, 3.63) is 5.82 Å². The molecule has 0 amide bonds. The lowest BCUT2D eigenvalue weighted by Gasteiger charge is -1.98. The molecule has 0 radical (unpaired) electrons. The van der Waals surface area contributed by atoms with Crippen molar-refractivity contribution in [3.8, 4) is 0 Å². The van der Waals surface area contributed by atoms with Crippen molar-refractivity contribution in [2.45, 2.75) is 20.3 Å². The Kier molecular flexibility index (Phi) is 3.82. The highest BCUT2D eigenvalue weighted by Crippen LogP contribution is 2.13. The highest BCUT2D eigenvalue weighted by molar-refractivity contribution is 7.09. The van der Waals surface area contributed by atoms with E-state index in [9.17, 15) is 4.79 Å². The van der Waals surface area contributed by atoms with Crippen molar-refractivity contribution in [1.29, 1.82) is 0 Å². The number of carboxylic acids is 1. The Morgan fingerprint density at radius 1 is 1.64 bits per heavy atom. The van der Waals surface area contributed by atoms with Crippen molar-refractivity contribution < 1.29 is 9.90 Å². The van der Waals surface area contributed by atoms with Gasteiger partial charge in [-0.15, -0.1) is 0 Å². The van der Waals surface area contributed by atoms with E-state index in [0.717, 1.165) is 12.2 Å². The quantitative estimate of drug-likeness (QED) is 0.772. The number of nitrogens with zero attached hydrogens (tertiary/aromatic N) is 2. The molecular weight excluding hydrogens is 202 g/mol. The predicted octanol–water partition coefficient (Wildman–Crippen LogP) is 1.23. The Morgan fingerprint density at radius 3 is 2.93 bits per heavy atom. The molecule has 0 unspecified atom stereocenters. The van der Waals surface area contributed by atoms with Crippen LogP contribution in [0.25, 0.3) is 0 Å². The van der Waals surface area contributed by atoms with Gasteiger partial charge in [-0.2, -0.15) is 4.37 Å². The maximum Gasteiger partial charge on any atom is 0.322 e. The van der Waals surface area contributed by atoms with Gasteiger partial charge < -0.3 is 10.4 Å². The van der Waals surface area contributed by atoms with Crippen molar-refractivity contribution in [2.75, 3.05) is 11.9 Å². The van der Waals surface area contributed by atoms with E-state index in [-0.39, 0.29) is 6.54 Å². The number of carboxylic acid groups (broad SMARTS) is 1. The van der Waals surface area contributed by atoms with E-state index < -0.39 is 5.97 Å². The molecule has 5 nitrogen and oxygen atoms in total. The van der Waals surface area contributed by atoms with Crippen LogP contribution in [0.5, 0.6) is 0 Å². The molecule has 0 fully saturated rings. The molecule has 0 bridgehead atoms. The summed E-state index contributed by atoms with van der Waals surface area (Å²) >= 11 is 1.20. The summed E-state index contributed by atoms with van der Waals surface area (Å²) in [6.45, 7) is 4.06. The van der Waals surface area contributed by atoms with Crippen LogP contribution in [0.4, 0.5) is 5.13 Å². The number of nitrogens with one attached hydrogen (secondary N) is 1. The van der Waals surface area contributed by atoms with Gasteiger partial charge in [0.25, 0.3) is 0 Å². The molecule has 1 aromatic heterocycles. The second kappa shape index (κ2) is 4.90. The van der Waals surface area contributed by atoms with E-state index in [1.165, 1.54) is 11.5 Å². The van der Waals surface area contributed by atoms with E-state index in [1.54, 1.807) is 0 Å². The molecular formula is C8H13N3O2S. The molecule has 1 aromatic rings. The Hall–Kier alpha value is -1.17. The van der Waals surface area contributed by atoms with Gasteiger partial charge in [0.2, 0.25) is 5.13 Å². The van der Waals surface area contributed by atoms with Gasteiger partial charge in [0.15, 0.2) is 0 Å². The van der Waals surface area contributed by atoms with Crippen LogP contribution < -0.4 is 5.32 Å². The highest BCUT2D eigenvalue weighted by atomic mass is 32.1. The normalized spacial score (nSPS) is 10.5. The summed E-state index contributed by atoms with van der Waals surface area (Å²) < 4.78 is 4.11. The molecule has 14 heavy (non-hydrogen) atoms. The Balaban J connectivity index is 2.46. The van der Waals surface area contributed by atoms with Crippen LogP contribution in [-0.2, 0) is 11.2 Å². The Morgan fingerprint density at radius 2 is 2.36 bits per heavy atom. The molecule has 1 rings (SSSR count). The lowest BCUT2D eigenvalue weighted by molar-refractivity contribution is -0.134. The van der Waals surface area contributed by atoms with Crippen LogP contribution in [0.1, 0.15) is 19.7 Å². The maximum absolute atomic E-state index is 10.3. The number of anilines is 1. The van der Waals surface area contributed by atoms with Crippen molar-refractivity contribution in [2.24, 2.45) is 5.92 Å². The van der Waals surface area contributed by atoms with Gasteiger partial charge in [0.1, 0.15) is 12.4 Å². The molecule has 0 atom stereocenters. The van der Waals surface area contributed by atoms with E-state index in [2.05, 4.69) is 28.5 Å². The lowest BCUT2D eigenvalue weighted by atomic mass is 10.1. The third-order valence-corrected chi connectivity index (χ3v) is 2.16. The smallest absolute Gasteiger partial charge is 0.322 e. The fraction of sp³-hybridized carbons (Fsp3) is 0.625. The first kappa shape index (κ1) is 10.9. The van der Waals surface area contributed by atoms with E-state index in [4.69, 9.17) is 5.11 Å². The molecule has 78 valence electrons. The largest absolute Gasteiger partial charge is 0.480 e. The summed E-state index contributed by atoms with van der Waals surface area (Å²) in [5, 5.41) is 11.7. The van der Waals surface area contributed by atoms with Gasteiger partial charge in [0, 0.05) is 18.0 Å². The molecule has 1 heterocycles. The molecule has 0 aliphatic carbocycles. The van der Waals surface area contributed by atoms with Gasteiger partial charge in [0.05, 0.1) is 0 Å². The minimum atomic E-state index is -0.898. The SMILES string of the molecule is CC(C)Cc1nsc(NCC(=O)O)n1. The summed E-state index contributed by atoms with van der Waals surface area (Å²) in [7, 11) is 0. The fourth-order valence-electron chi connectivity index (χ4n) is 0.925. The number of hydrogen-bond acceptors (Lipinski definition) is 5. The van der Waals surface area contributed by atoms with Crippen LogP contribution in [0.2, 0.25) is 0 Å². The van der Waals surface area contributed by atoms with Gasteiger partial charge in [-0.3, -0.25) is 4.79 Å². The Labute approximate surface area is 86.3 Å². The zero-order valence-corrected chi connectivity index (χ0v) is 8.97. The van der Waals surface area contributed by atoms with Crippen LogP contribution in [-0.4, -0.2) is 27.0 Å².